The summed E-state index contributed by atoms with van der Waals surface area (Å²) in [7, 11) is -3.94. The number of hydrogen-bond donors (Lipinski definition) is 2. The molecule has 1 atom stereocenters. The Morgan fingerprint density at radius 1 is 1.19 bits per heavy atom. The van der Waals surface area contributed by atoms with Crippen LogP contribution in [-0.2, 0) is 21.4 Å². The molecule has 10 nitrogen and oxygen atoms in total. The minimum absolute atomic E-state index is 0.0523. The van der Waals surface area contributed by atoms with E-state index >= 15 is 0 Å². The molecule has 0 saturated heterocycles. The van der Waals surface area contributed by atoms with E-state index in [2.05, 4.69) is 25.1 Å². The van der Waals surface area contributed by atoms with Crippen LogP contribution in [0.25, 0.3) is 11.4 Å². The smallest absolute Gasteiger partial charge is 0.321 e. The third-order valence-electron chi connectivity index (χ3n) is 3.65. The largest absolute Gasteiger partial charge is 0.480 e. The van der Waals surface area contributed by atoms with Crippen LogP contribution >= 0.6 is 0 Å². The Hall–Kier alpha value is -3.18. The zero-order valence-corrected chi connectivity index (χ0v) is 15.0. The van der Waals surface area contributed by atoms with E-state index in [-0.39, 0.29) is 4.90 Å². The maximum absolute atomic E-state index is 12.2. The normalized spacial score (nSPS) is 12.6. The highest BCUT2D eigenvalue weighted by molar-refractivity contribution is 7.89. The lowest BCUT2D eigenvalue weighted by atomic mass is 10.2. The molecule has 1 unspecified atom stereocenters. The van der Waals surface area contributed by atoms with E-state index in [0.29, 0.717) is 17.9 Å². The van der Waals surface area contributed by atoms with Crippen molar-refractivity contribution in [2.75, 3.05) is 0 Å². The molecule has 0 aliphatic heterocycles. The van der Waals surface area contributed by atoms with Gasteiger partial charge in [-0.25, -0.2) is 8.42 Å². The summed E-state index contributed by atoms with van der Waals surface area (Å²) in [6.07, 6.45) is 3.34. The quantitative estimate of drug-likeness (QED) is 0.597. The lowest BCUT2D eigenvalue weighted by molar-refractivity contribution is -0.138. The molecule has 27 heavy (non-hydrogen) atoms. The zero-order valence-electron chi connectivity index (χ0n) is 14.2. The first kappa shape index (κ1) is 18.6. The second-order valence-corrected chi connectivity index (χ2v) is 7.42. The molecule has 1 aromatic carbocycles. The van der Waals surface area contributed by atoms with Crippen molar-refractivity contribution in [1.82, 2.24) is 29.9 Å². The average Bonchev–Trinajstić information content (AvgIpc) is 3.11. The Labute approximate surface area is 154 Å². The summed E-state index contributed by atoms with van der Waals surface area (Å²) >= 11 is 0. The van der Waals surface area contributed by atoms with Gasteiger partial charge < -0.3 is 5.11 Å². The highest BCUT2D eigenvalue weighted by Crippen LogP contribution is 2.17. The fraction of sp³-hybridized carbons (Fsp3) is 0.188. The zero-order chi connectivity index (χ0) is 19.4. The third kappa shape index (κ3) is 4.51. The monoisotopic (exact) mass is 388 g/mol. The van der Waals surface area contributed by atoms with Crippen molar-refractivity contribution in [3.63, 3.8) is 0 Å². The van der Waals surface area contributed by atoms with Gasteiger partial charge >= 0.3 is 5.97 Å². The van der Waals surface area contributed by atoms with Crippen LogP contribution in [0, 0.1) is 0 Å². The number of pyridine rings is 1. The molecule has 0 bridgehead atoms. The van der Waals surface area contributed by atoms with Gasteiger partial charge in [-0.2, -0.15) is 9.52 Å². The minimum Gasteiger partial charge on any atom is -0.480 e. The topological polar surface area (TPSA) is 140 Å². The van der Waals surface area contributed by atoms with Crippen molar-refractivity contribution >= 4 is 16.0 Å². The molecule has 0 aliphatic rings. The van der Waals surface area contributed by atoms with Crippen molar-refractivity contribution in [2.24, 2.45) is 0 Å². The number of carbonyl (C=O) groups is 1. The van der Waals surface area contributed by atoms with Crippen LogP contribution in [0.15, 0.2) is 53.7 Å². The van der Waals surface area contributed by atoms with Crippen LogP contribution in [0.5, 0.6) is 0 Å². The number of rotatable bonds is 7. The first-order chi connectivity index (χ1) is 12.8. The number of aliphatic carboxylic acids is 1. The van der Waals surface area contributed by atoms with Gasteiger partial charge in [-0.3, -0.25) is 9.78 Å². The second-order valence-electron chi connectivity index (χ2n) is 5.70. The van der Waals surface area contributed by atoms with Crippen LogP contribution in [0.1, 0.15) is 12.5 Å². The molecule has 2 heterocycles. The van der Waals surface area contributed by atoms with Gasteiger partial charge in [-0.05, 0) is 54.1 Å². The minimum atomic E-state index is -3.94. The Kier molecular flexibility index (Phi) is 5.23. The van der Waals surface area contributed by atoms with E-state index in [0.717, 1.165) is 5.56 Å². The molecular weight excluding hydrogens is 372 g/mol. The van der Waals surface area contributed by atoms with Gasteiger partial charge in [-0.1, -0.05) is 0 Å². The van der Waals surface area contributed by atoms with Crippen LogP contribution in [0.3, 0.4) is 0 Å². The molecule has 11 heteroatoms. The number of nitrogens with one attached hydrogen (secondary N) is 1. The fourth-order valence-electron chi connectivity index (χ4n) is 2.21. The van der Waals surface area contributed by atoms with Crippen LogP contribution in [0.4, 0.5) is 0 Å². The summed E-state index contributed by atoms with van der Waals surface area (Å²) in [6.45, 7) is 1.68. The summed E-state index contributed by atoms with van der Waals surface area (Å²) in [5, 5.41) is 21.1. The number of carboxylic acids is 1. The van der Waals surface area contributed by atoms with Crippen molar-refractivity contribution in [1.29, 1.82) is 0 Å². The molecule has 3 rings (SSSR count). The van der Waals surface area contributed by atoms with Crippen LogP contribution < -0.4 is 4.72 Å². The van der Waals surface area contributed by atoms with E-state index in [9.17, 15) is 13.2 Å². The SMILES string of the molecule is CC(NS(=O)(=O)c1ccc(-c2nnn(Cc3ccncc3)n2)cc1)C(=O)O. The second kappa shape index (κ2) is 7.60. The third-order valence-corrected chi connectivity index (χ3v) is 5.21. The highest BCUT2D eigenvalue weighted by atomic mass is 32.2. The molecule has 0 fully saturated rings. The van der Waals surface area contributed by atoms with E-state index < -0.39 is 22.0 Å². The summed E-state index contributed by atoms with van der Waals surface area (Å²) in [5.74, 6) is -0.912. The molecule has 0 aliphatic carbocycles. The summed E-state index contributed by atoms with van der Waals surface area (Å²) in [5.41, 5.74) is 1.55. The number of nitrogens with zero attached hydrogens (tertiary/aromatic N) is 5. The lowest BCUT2D eigenvalue weighted by Gasteiger charge is -2.10. The fourth-order valence-corrected chi connectivity index (χ4v) is 3.41. The molecule has 0 radical (unpaired) electrons. The molecule has 3 aromatic rings. The molecule has 0 amide bonds. The number of sulfonamides is 1. The first-order valence-corrected chi connectivity index (χ1v) is 9.36. The van der Waals surface area contributed by atoms with Crippen LogP contribution in [-0.4, -0.2) is 50.7 Å². The van der Waals surface area contributed by atoms with E-state index in [1.165, 1.54) is 36.0 Å². The van der Waals surface area contributed by atoms with Crippen molar-refractivity contribution in [3.8, 4) is 11.4 Å². The predicted molar refractivity (Wildman–Crippen MR) is 94.0 cm³/mol. The van der Waals surface area contributed by atoms with Gasteiger partial charge in [-0.15, -0.1) is 10.2 Å². The van der Waals surface area contributed by atoms with Crippen molar-refractivity contribution < 1.29 is 18.3 Å². The van der Waals surface area contributed by atoms with Crippen molar-refractivity contribution in [2.45, 2.75) is 24.4 Å². The summed E-state index contributed by atoms with van der Waals surface area (Å²) in [4.78, 5) is 16.1. The van der Waals surface area contributed by atoms with Gasteiger partial charge in [0.25, 0.3) is 0 Å². The van der Waals surface area contributed by atoms with Crippen molar-refractivity contribution in [3.05, 3.63) is 54.4 Å². The number of benzene rings is 1. The van der Waals surface area contributed by atoms with Gasteiger partial charge in [0.2, 0.25) is 15.8 Å². The maximum atomic E-state index is 12.2. The maximum Gasteiger partial charge on any atom is 0.321 e. The highest BCUT2D eigenvalue weighted by Gasteiger charge is 2.21. The number of hydrogen-bond acceptors (Lipinski definition) is 7. The average molecular weight is 388 g/mol. The number of carboxylic acid groups (broad SMARTS) is 1. The van der Waals surface area contributed by atoms with Gasteiger partial charge in [0.15, 0.2) is 0 Å². The van der Waals surface area contributed by atoms with Gasteiger partial charge in [0, 0.05) is 18.0 Å². The Morgan fingerprint density at radius 2 is 1.85 bits per heavy atom. The summed E-state index contributed by atoms with van der Waals surface area (Å²) in [6, 6.07) is 8.24. The molecule has 0 spiro atoms. The number of tetrazole rings is 1. The number of aromatic nitrogens is 5. The van der Waals surface area contributed by atoms with E-state index in [4.69, 9.17) is 5.11 Å². The molecule has 0 saturated carbocycles. The van der Waals surface area contributed by atoms with Crippen LogP contribution in [0.2, 0.25) is 0 Å². The standard InChI is InChI=1S/C16H16N6O4S/c1-11(16(23)24)20-27(25,26)14-4-2-13(3-5-14)15-18-21-22(19-15)10-12-6-8-17-9-7-12/h2-9,11,20H,10H2,1H3,(H,23,24). The Bertz CT molecular complexity index is 1030. The lowest BCUT2D eigenvalue weighted by Crippen LogP contribution is -2.38. The molecular formula is C16H16N6O4S. The van der Waals surface area contributed by atoms with Gasteiger partial charge in [0.05, 0.1) is 11.4 Å². The Morgan fingerprint density at radius 3 is 2.48 bits per heavy atom. The van der Waals surface area contributed by atoms with E-state index in [1.54, 1.807) is 12.4 Å². The predicted octanol–water partition coefficient (Wildman–Crippen LogP) is 0.535. The Balaban J connectivity index is 1.75. The molecule has 140 valence electrons. The molecule has 2 N–H and O–H groups in total. The molecule has 2 aromatic heterocycles. The first-order valence-electron chi connectivity index (χ1n) is 7.87. The van der Waals surface area contributed by atoms with E-state index in [1.807, 2.05) is 12.1 Å². The summed E-state index contributed by atoms with van der Waals surface area (Å²) < 4.78 is 26.4. The van der Waals surface area contributed by atoms with Gasteiger partial charge in [0.1, 0.15) is 6.04 Å².